The van der Waals surface area contributed by atoms with E-state index in [0.717, 1.165) is 32.2 Å². The Balaban J connectivity index is 2.28. The Labute approximate surface area is 242 Å². The van der Waals surface area contributed by atoms with Crippen molar-refractivity contribution in [3.05, 3.63) is 11.6 Å². The summed E-state index contributed by atoms with van der Waals surface area (Å²) >= 11 is 0. The van der Waals surface area contributed by atoms with Crippen molar-refractivity contribution < 1.29 is 19.2 Å². The zero-order chi connectivity index (χ0) is 30.5. The van der Waals surface area contributed by atoms with Crippen molar-refractivity contribution in [1.29, 1.82) is 0 Å². The van der Waals surface area contributed by atoms with Gasteiger partial charge in [-0.2, -0.15) is 0 Å². The first-order valence-electron chi connectivity index (χ1n) is 15.1. The molecule has 0 bridgehead atoms. The van der Waals surface area contributed by atoms with Gasteiger partial charge < -0.3 is 20.9 Å². The maximum Gasteiger partial charge on any atom is 0.249 e. The van der Waals surface area contributed by atoms with Crippen molar-refractivity contribution in [3.63, 3.8) is 0 Å². The maximum absolute atomic E-state index is 14.0. The number of primary amides is 1. The number of likely N-dealkylation sites (N-methyl/N-ethyl adjacent to an activating group) is 1. The fraction of sp³-hybridized carbons (Fsp3) is 0.806. The summed E-state index contributed by atoms with van der Waals surface area (Å²) < 4.78 is 0. The minimum absolute atomic E-state index is 0.0132. The second-order valence-electron chi connectivity index (χ2n) is 13.6. The summed E-state index contributed by atoms with van der Waals surface area (Å²) in [6, 6.07) is -1.69. The molecular formula is C31H55N5O4. The molecule has 0 aromatic heterocycles. The molecule has 4 unspecified atom stereocenters. The lowest BCUT2D eigenvalue weighted by Crippen LogP contribution is -2.61. The highest BCUT2D eigenvalue weighted by Crippen LogP contribution is 2.27. The average molecular weight is 562 g/mol. The molecule has 2 fully saturated rings. The molecule has 40 heavy (non-hydrogen) atoms. The number of amides is 4. The van der Waals surface area contributed by atoms with Crippen molar-refractivity contribution in [2.75, 3.05) is 20.1 Å². The highest BCUT2D eigenvalue weighted by atomic mass is 16.2. The summed E-state index contributed by atoms with van der Waals surface area (Å²) in [7, 11) is 1.74. The standard InChI is InChI=1S/C31H55N5O4/c1-19(2)22(6)35-16-12-11-14-24(35)28(38)33-26(31(7,8)9)30(40)34(10)25(20(3)4)18-21(5)29(39)36-17-13-15-23(36)27(32)37/h18-20,22-26H,11-17H2,1-10H3,(H2,32,37)(H,33,38)/b21-18+/t22?,23-,24?,25?,26?/m0/s1. The van der Waals surface area contributed by atoms with Gasteiger partial charge >= 0.3 is 0 Å². The summed E-state index contributed by atoms with van der Waals surface area (Å²) in [5.74, 6) is -0.573. The lowest BCUT2D eigenvalue weighted by Gasteiger charge is -2.42. The van der Waals surface area contributed by atoms with Crippen LogP contribution in [-0.4, -0.2) is 88.7 Å². The van der Waals surface area contributed by atoms with Crippen LogP contribution in [0.4, 0.5) is 0 Å². The van der Waals surface area contributed by atoms with E-state index in [1.54, 1.807) is 23.8 Å². The lowest BCUT2D eigenvalue weighted by molar-refractivity contribution is -0.142. The van der Waals surface area contributed by atoms with Crippen molar-refractivity contribution in [1.82, 2.24) is 20.0 Å². The van der Waals surface area contributed by atoms with E-state index in [0.29, 0.717) is 24.5 Å². The second-order valence-corrected chi connectivity index (χ2v) is 13.6. The van der Waals surface area contributed by atoms with E-state index in [1.165, 1.54) is 0 Å². The average Bonchev–Trinajstić information content (AvgIpc) is 3.38. The normalized spacial score (nSPS) is 23.2. The molecule has 4 amide bonds. The quantitative estimate of drug-likeness (QED) is 0.397. The molecule has 0 spiro atoms. The van der Waals surface area contributed by atoms with Crippen molar-refractivity contribution in [2.24, 2.45) is 23.0 Å². The van der Waals surface area contributed by atoms with Crippen LogP contribution in [-0.2, 0) is 19.2 Å². The molecule has 2 heterocycles. The number of rotatable bonds is 10. The van der Waals surface area contributed by atoms with Crippen LogP contribution >= 0.6 is 0 Å². The molecule has 2 aliphatic rings. The monoisotopic (exact) mass is 561 g/mol. The Morgan fingerprint density at radius 2 is 1.52 bits per heavy atom. The first kappa shape index (κ1) is 33.8. The molecule has 0 aromatic carbocycles. The summed E-state index contributed by atoms with van der Waals surface area (Å²) in [5, 5.41) is 3.15. The van der Waals surface area contributed by atoms with Crippen molar-refractivity contribution >= 4 is 23.6 Å². The molecule has 0 saturated carbocycles. The van der Waals surface area contributed by atoms with E-state index in [9.17, 15) is 19.2 Å². The van der Waals surface area contributed by atoms with Gasteiger partial charge in [-0.15, -0.1) is 0 Å². The molecule has 3 N–H and O–H groups in total. The van der Waals surface area contributed by atoms with E-state index in [2.05, 4.69) is 31.0 Å². The Kier molecular flexibility index (Phi) is 11.8. The minimum Gasteiger partial charge on any atom is -0.368 e. The van der Waals surface area contributed by atoms with Crippen LogP contribution in [0.15, 0.2) is 11.6 Å². The highest BCUT2D eigenvalue weighted by molar-refractivity contribution is 5.97. The topological polar surface area (TPSA) is 116 Å². The lowest BCUT2D eigenvalue weighted by atomic mass is 9.84. The van der Waals surface area contributed by atoms with Gasteiger partial charge in [-0.05, 0) is 63.3 Å². The summed E-state index contributed by atoms with van der Waals surface area (Å²) in [6.45, 7) is 19.5. The molecule has 228 valence electrons. The van der Waals surface area contributed by atoms with Crippen LogP contribution in [0.3, 0.4) is 0 Å². The summed E-state index contributed by atoms with van der Waals surface area (Å²) in [6.07, 6.45) is 5.97. The molecule has 0 aromatic rings. The highest BCUT2D eigenvalue weighted by Gasteiger charge is 2.41. The zero-order valence-corrected chi connectivity index (χ0v) is 26.6. The summed E-state index contributed by atoms with van der Waals surface area (Å²) in [5.41, 5.74) is 5.48. The first-order valence-corrected chi connectivity index (χ1v) is 15.1. The Morgan fingerprint density at radius 1 is 0.925 bits per heavy atom. The van der Waals surface area contributed by atoms with Crippen molar-refractivity contribution in [2.45, 2.75) is 125 Å². The van der Waals surface area contributed by atoms with Gasteiger partial charge in [0.05, 0.1) is 12.1 Å². The van der Waals surface area contributed by atoms with Crippen LogP contribution in [0.25, 0.3) is 0 Å². The van der Waals surface area contributed by atoms with Gasteiger partial charge in [-0.3, -0.25) is 24.1 Å². The molecule has 2 saturated heterocycles. The van der Waals surface area contributed by atoms with Gasteiger partial charge in [0.15, 0.2) is 0 Å². The molecule has 9 heteroatoms. The third-order valence-corrected chi connectivity index (χ3v) is 8.81. The number of hydrogen-bond donors (Lipinski definition) is 2. The van der Waals surface area contributed by atoms with Gasteiger partial charge in [0.25, 0.3) is 0 Å². The molecule has 5 atom stereocenters. The van der Waals surface area contributed by atoms with E-state index < -0.39 is 23.4 Å². The third kappa shape index (κ3) is 8.08. The summed E-state index contributed by atoms with van der Waals surface area (Å²) in [4.78, 5) is 58.3. The molecule has 9 nitrogen and oxygen atoms in total. The van der Waals surface area contributed by atoms with Gasteiger partial charge in [-0.25, -0.2) is 0 Å². The number of piperidine rings is 1. The van der Waals surface area contributed by atoms with Gasteiger partial charge in [-0.1, -0.05) is 61.0 Å². The third-order valence-electron chi connectivity index (χ3n) is 8.81. The van der Waals surface area contributed by atoms with Gasteiger partial charge in [0.2, 0.25) is 23.6 Å². The number of likely N-dealkylation sites (tertiary alicyclic amines) is 2. The first-order chi connectivity index (χ1) is 18.5. The van der Waals surface area contributed by atoms with Crippen molar-refractivity contribution in [3.8, 4) is 0 Å². The largest absolute Gasteiger partial charge is 0.368 e. The predicted molar refractivity (Wildman–Crippen MR) is 159 cm³/mol. The Morgan fingerprint density at radius 3 is 2.05 bits per heavy atom. The van der Waals surface area contributed by atoms with Crippen LogP contribution in [0.1, 0.15) is 94.4 Å². The Bertz CT molecular complexity index is 954. The number of carbonyl (C=O) groups excluding carboxylic acids is 4. The number of nitrogens with two attached hydrogens (primary N) is 1. The molecular weight excluding hydrogens is 506 g/mol. The second kappa shape index (κ2) is 14.0. The minimum atomic E-state index is -0.730. The number of nitrogens with one attached hydrogen (secondary N) is 1. The van der Waals surface area contributed by atoms with Crippen LogP contribution in [0, 0.1) is 17.3 Å². The fourth-order valence-corrected chi connectivity index (χ4v) is 5.95. The van der Waals surface area contributed by atoms with E-state index in [-0.39, 0.29) is 41.8 Å². The van der Waals surface area contributed by atoms with Crippen LogP contribution in [0.2, 0.25) is 0 Å². The van der Waals surface area contributed by atoms with Gasteiger partial charge in [0, 0.05) is 25.2 Å². The number of nitrogens with zero attached hydrogens (tertiary/aromatic N) is 3. The molecule has 0 aliphatic carbocycles. The molecule has 2 aliphatic heterocycles. The SMILES string of the molecule is C/C(=C\C(C(C)C)N(C)C(=O)C(NC(=O)C1CCCCN1C(C)C(C)C)C(C)(C)C)C(=O)N1CCC[C@H]1C(N)=O. The van der Waals surface area contributed by atoms with E-state index >= 15 is 0 Å². The van der Waals surface area contributed by atoms with E-state index in [4.69, 9.17) is 5.73 Å². The zero-order valence-electron chi connectivity index (χ0n) is 26.6. The fourth-order valence-electron chi connectivity index (χ4n) is 5.95. The van der Waals surface area contributed by atoms with Gasteiger partial charge in [0.1, 0.15) is 12.1 Å². The van der Waals surface area contributed by atoms with E-state index in [1.807, 2.05) is 40.7 Å². The number of hydrogen-bond acceptors (Lipinski definition) is 5. The van der Waals surface area contributed by atoms with Crippen LogP contribution in [0.5, 0.6) is 0 Å². The molecule has 2 rings (SSSR count). The van der Waals surface area contributed by atoms with Crippen LogP contribution < -0.4 is 11.1 Å². The smallest absolute Gasteiger partial charge is 0.249 e. The predicted octanol–water partition coefficient (Wildman–Crippen LogP) is 3.32. The maximum atomic E-state index is 14.0. The Hall–Kier alpha value is -2.42. The number of carbonyl (C=O) groups is 4. The molecule has 0 radical (unpaired) electrons.